The Morgan fingerprint density at radius 1 is 1.29 bits per heavy atom. The third kappa shape index (κ3) is 2.49. The maximum atomic E-state index is 6.31. The van der Waals surface area contributed by atoms with E-state index in [1.165, 1.54) is 5.69 Å². The average molecular weight is 304 g/mol. The fraction of sp³-hybridized carbons (Fsp3) is 0.471. The zero-order valence-corrected chi connectivity index (χ0v) is 13.6. The summed E-state index contributed by atoms with van der Waals surface area (Å²) < 4.78 is 0. The summed E-state index contributed by atoms with van der Waals surface area (Å²) in [5.74, 6) is 0.596. The number of rotatable bonds is 2. The molecule has 2 heterocycles. The molecule has 1 aromatic carbocycles. The van der Waals surface area contributed by atoms with Crippen LogP contribution in [0.2, 0.25) is 5.02 Å². The third-order valence-corrected chi connectivity index (χ3v) is 5.27. The van der Waals surface area contributed by atoms with Crippen molar-refractivity contribution in [1.29, 1.82) is 0 Å². The SMILES string of the molecule is CNC1CCN(c2ccc(Cl)c3cccnc23)C(C)C1C. The monoisotopic (exact) mass is 303 g/mol. The number of piperidine rings is 1. The summed E-state index contributed by atoms with van der Waals surface area (Å²) in [7, 11) is 2.06. The van der Waals surface area contributed by atoms with Crippen molar-refractivity contribution in [3.05, 3.63) is 35.5 Å². The van der Waals surface area contributed by atoms with Gasteiger partial charge in [-0.3, -0.25) is 4.98 Å². The Morgan fingerprint density at radius 3 is 2.86 bits per heavy atom. The lowest BCUT2D eigenvalue weighted by Gasteiger charge is -2.44. The van der Waals surface area contributed by atoms with Crippen molar-refractivity contribution in [2.24, 2.45) is 5.92 Å². The van der Waals surface area contributed by atoms with Crippen molar-refractivity contribution in [3.63, 3.8) is 0 Å². The normalized spacial score (nSPS) is 26.3. The lowest BCUT2D eigenvalue weighted by molar-refractivity contribution is 0.283. The van der Waals surface area contributed by atoms with Crippen LogP contribution in [0.1, 0.15) is 20.3 Å². The molecule has 0 radical (unpaired) electrons. The summed E-state index contributed by atoms with van der Waals surface area (Å²) in [5.41, 5.74) is 2.20. The molecular weight excluding hydrogens is 282 g/mol. The van der Waals surface area contributed by atoms with E-state index in [1.54, 1.807) is 0 Å². The highest BCUT2D eigenvalue weighted by atomic mass is 35.5. The fourth-order valence-electron chi connectivity index (χ4n) is 3.47. The first-order valence-corrected chi connectivity index (χ1v) is 7.98. The lowest BCUT2D eigenvalue weighted by Crippen LogP contribution is -2.52. The van der Waals surface area contributed by atoms with Crippen LogP contribution in [0.15, 0.2) is 30.5 Å². The fourth-order valence-corrected chi connectivity index (χ4v) is 3.68. The minimum atomic E-state index is 0.475. The summed E-state index contributed by atoms with van der Waals surface area (Å²) in [6, 6.07) is 9.15. The van der Waals surface area contributed by atoms with Gasteiger partial charge in [-0.2, -0.15) is 0 Å². The molecule has 3 atom stereocenters. The van der Waals surface area contributed by atoms with Gasteiger partial charge in [-0.15, -0.1) is 0 Å². The molecule has 21 heavy (non-hydrogen) atoms. The maximum absolute atomic E-state index is 6.31. The van der Waals surface area contributed by atoms with Crippen LogP contribution in [-0.4, -0.2) is 30.7 Å². The summed E-state index contributed by atoms with van der Waals surface area (Å²) in [4.78, 5) is 7.05. The van der Waals surface area contributed by atoms with Gasteiger partial charge in [0.1, 0.15) is 0 Å². The molecule has 1 aliphatic rings. The van der Waals surface area contributed by atoms with E-state index in [-0.39, 0.29) is 0 Å². The Morgan fingerprint density at radius 2 is 2.10 bits per heavy atom. The Balaban J connectivity index is 2.03. The van der Waals surface area contributed by atoms with Crippen LogP contribution in [0.25, 0.3) is 10.9 Å². The summed E-state index contributed by atoms with van der Waals surface area (Å²) in [6.07, 6.45) is 3.00. The molecule has 2 aromatic rings. The number of hydrogen-bond acceptors (Lipinski definition) is 3. The highest BCUT2D eigenvalue weighted by Crippen LogP contribution is 2.35. The van der Waals surface area contributed by atoms with Crippen molar-refractivity contribution in [2.45, 2.75) is 32.4 Å². The molecule has 3 rings (SSSR count). The topological polar surface area (TPSA) is 28.2 Å². The van der Waals surface area contributed by atoms with E-state index in [1.807, 2.05) is 24.4 Å². The molecule has 4 heteroatoms. The Labute approximate surface area is 131 Å². The first kappa shape index (κ1) is 14.6. The van der Waals surface area contributed by atoms with Crippen molar-refractivity contribution < 1.29 is 0 Å². The molecule has 0 bridgehead atoms. The standard InChI is InChI=1S/C17H22ClN3/c1-11-12(2)21(10-8-15(11)19-3)16-7-6-14(18)13-5-4-9-20-17(13)16/h4-7,9,11-12,15,19H,8,10H2,1-3H3. The number of hydrogen-bond donors (Lipinski definition) is 1. The Hall–Kier alpha value is -1.32. The molecule has 0 amide bonds. The van der Waals surface area contributed by atoms with E-state index < -0.39 is 0 Å². The predicted molar refractivity (Wildman–Crippen MR) is 90.2 cm³/mol. The van der Waals surface area contributed by atoms with Gasteiger partial charge in [-0.1, -0.05) is 18.5 Å². The summed E-state index contributed by atoms with van der Waals surface area (Å²) in [6.45, 7) is 5.67. The van der Waals surface area contributed by atoms with E-state index in [0.717, 1.165) is 28.9 Å². The van der Waals surface area contributed by atoms with Gasteiger partial charge in [-0.25, -0.2) is 0 Å². The largest absolute Gasteiger partial charge is 0.367 e. The number of fused-ring (bicyclic) bond motifs is 1. The summed E-state index contributed by atoms with van der Waals surface area (Å²) in [5, 5.41) is 5.24. The van der Waals surface area contributed by atoms with E-state index in [9.17, 15) is 0 Å². The van der Waals surface area contributed by atoms with Gasteiger partial charge < -0.3 is 10.2 Å². The second-order valence-electron chi connectivity index (χ2n) is 5.94. The minimum absolute atomic E-state index is 0.475. The van der Waals surface area contributed by atoms with Crippen molar-refractivity contribution in [1.82, 2.24) is 10.3 Å². The smallest absolute Gasteiger partial charge is 0.0950 e. The van der Waals surface area contributed by atoms with Crippen LogP contribution >= 0.6 is 11.6 Å². The van der Waals surface area contributed by atoms with Crippen LogP contribution in [-0.2, 0) is 0 Å². The minimum Gasteiger partial charge on any atom is -0.367 e. The maximum Gasteiger partial charge on any atom is 0.0950 e. The Bertz CT molecular complexity index is 643. The number of pyridine rings is 1. The number of anilines is 1. The molecule has 1 aliphatic heterocycles. The van der Waals surface area contributed by atoms with Crippen molar-refractivity contribution in [2.75, 3.05) is 18.5 Å². The zero-order chi connectivity index (χ0) is 15.0. The quantitative estimate of drug-likeness (QED) is 0.916. The zero-order valence-electron chi connectivity index (χ0n) is 12.8. The van der Waals surface area contributed by atoms with Gasteiger partial charge in [0.2, 0.25) is 0 Å². The van der Waals surface area contributed by atoms with E-state index in [4.69, 9.17) is 11.6 Å². The molecule has 0 spiro atoms. The van der Waals surface area contributed by atoms with Crippen LogP contribution in [0.4, 0.5) is 5.69 Å². The summed E-state index contributed by atoms with van der Waals surface area (Å²) >= 11 is 6.31. The number of nitrogens with one attached hydrogen (secondary N) is 1. The third-order valence-electron chi connectivity index (χ3n) is 4.94. The van der Waals surface area contributed by atoms with E-state index >= 15 is 0 Å². The number of benzene rings is 1. The molecule has 112 valence electrons. The van der Waals surface area contributed by atoms with Crippen molar-refractivity contribution in [3.8, 4) is 0 Å². The average Bonchev–Trinajstić information content (AvgIpc) is 2.51. The first-order valence-electron chi connectivity index (χ1n) is 7.60. The van der Waals surface area contributed by atoms with Crippen LogP contribution in [0.5, 0.6) is 0 Å². The number of nitrogens with zero attached hydrogens (tertiary/aromatic N) is 2. The van der Waals surface area contributed by atoms with Gasteiger partial charge in [0.15, 0.2) is 0 Å². The highest BCUT2D eigenvalue weighted by Gasteiger charge is 2.32. The highest BCUT2D eigenvalue weighted by molar-refractivity contribution is 6.35. The van der Waals surface area contributed by atoms with Gasteiger partial charge >= 0.3 is 0 Å². The van der Waals surface area contributed by atoms with Gasteiger partial charge in [-0.05, 0) is 50.6 Å². The Kier molecular flexibility index (Phi) is 4.05. The van der Waals surface area contributed by atoms with Crippen LogP contribution < -0.4 is 10.2 Å². The molecule has 3 nitrogen and oxygen atoms in total. The molecule has 1 saturated heterocycles. The van der Waals surface area contributed by atoms with Crippen LogP contribution in [0, 0.1) is 5.92 Å². The molecule has 1 fully saturated rings. The first-order chi connectivity index (χ1) is 10.1. The molecule has 1 N–H and O–H groups in total. The second kappa shape index (κ2) is 5.82. The molecule has 0 saturated carbocycles. The van der Waals surface area contributed by atoms with Crippen molar-refractivity contribution >= 4 is 28.2 Å². The van der Waals surface area contributed by atoms with Gasteiger partial charge in [0.25, 0.3) is 0 Å². The molecule has 0 aliphatic carbocycles. The predicted octanol–water partition coefficient (Wildman–Crippen LogP) is 3.71. The lowest BCUT2D eigenvalue weighted by atomic mass is 9.86. The molecule has 3 unspecified atom stereocenters. The van der Waals surface area contributed by atoms with Gasteiger partial charge in [0, 0.05) is 30.2 Å². The van der Waals surface area contributed by atoms with Gasteiger partial charge in [0.05, 0.1) is 16.2 Å². The second-order valence-corrected chi connectivity index (χ2v) is 6.35. The van der Waals surface area contributed by atoms with E-state index in [2.05, 4.69) is 42.2 Å². The number of aromatic nitrogens is 1. The van der Waals surface area contributed by atoms with Crippen LogP contribution in [0.3, 0.4) is 0 Å². The number of halogens is 1. The molecular formula is C17H22ClN3. The molecule has 1 aromatic heterocycles. The van der Waals surface area contributed by atoms with E-state index in [0.29, 0.717) is 18.0 Å².